The van der Waals surface area contributed by atoms with E-state index in [0.29, 0.717) is 71.2 Å². The van der Waals surface area contributed by atoms with E-state index in [4.69, 9.17) is 20.8 Å². The maximum absolute atomic E-state index is 12.2. The summed E-state index contributed by atoms with van der Waals surface area (Å²) in [6.45, 7) is 19.4. The molecule has 6 heterocycles. The molecule has 0 spiro atoms. The summed E-state index contributed by atoms with van der Waals surface area (Å²) in [5, 5.41) is 28.7. The van der Waals surface area contributed by atoms with Crippen LogP contribution in [-0.2, 0) is 52.7 Å². The predicted octanol–water partition coefficient (Wildman–Crippen LogP) is 12.2. The van der Waals surface area contributed by atoms with Crippen molar-refractivity contribution < 1.29 is 106 Å². The van der Waals surface area contributed by atoms with Gasteiger partial charge in [0.25, 0.3) is 61.3 Å². The third kappa shape index (κ3) is 26.6. The number of aryl methyl sites for hydroxylation is 1. The van der Waals surface area contributed by atoms with Gasteiger partial charge in [0, 0.05) is 35.4 Å². The maximum atomic E-state index is 12.2. The number of thiazole rings is 1. The lowest BCUT2D eigenvalue weighted by Gasteiger charge is -2.10. The Balaban J connectivity index is 0.000000199. The van der Waals surface area contributed by atoms with Gasteiger partial charge < -0.3 is 39.8 Å². The van der Waals surface area contributed by atoms with Gasteiger partial charge in [-0.15, -0.1) is 11.3 Å². The molecule has 31 nitrogen and oxygen atoms in total. The van der Waals surface area contributed by atoms with Crippen molar-refractivity contribution >= 4 is 215 Å². The summed E-state index contributed by atoms with van der Waals surface area (Å²) < 4.78 is 16.9. The average molecular weight is 1740 g/mol. The number of thioether (sulfide) groups is 5. The molecule has 11 amide bonds. The van der Waals surface area contributed by atoms with Crippen molar-refractivity contribution in [3.63, 3.8) is 0 Å². The lowest BCUT2D eigenvalue weighted by atomic mass is 10.1. The Morgan fingerprint density at radius 2 is 0.825 bits per heavy atom. The van der Waals surface area contributed by atoms with Crippen LogP contribution in [0, 0.1) is 13.5 Å². The summed E-state index contributed by atoms with van der Waals surface area (Å²) in [7, 11) is 4.59. The number of amides is 11. The molecule has 5 aliphatic heterocycles. The number of para-hydroxylation sites is 2. The second kappa shape index (κ2) is 43.8. The van der Waals surface area contributed by atoms with Crippen molar-refractivity contribution in [1.82, 2.24) is 29.5 Å². The smallest absolute Gasteiger partial charge is 0.293 e. The minimum Gasteiger partial charge on any atom is -0.508 e. The topological polar surface area (TPSA) is 427 Å². The first-order chi connectivity index (χ1) is 56.8. The van der Waals surface area contributed by atoms with Crippen LogP contribution in [0.25, 0.3) is 47.9 Å². The van der Waals surface area contributed by atoms with Crippen LogP contribution in [0.2, 0.25) is 0 Å². The molecule has 12 rings (SSSR count). The number of phenolic OH excluding ortho intramolecular Hbond substituents is 3. The van der Waals surface area contributed by atoms with Crippen LogP contribution < -0.4 is 34.3 Å². The normalized spacial score (nSPS) is 16.0. The van der Waals surface area contributed by atoms with Crippen molar-refractivity contribution in [3.8, 4) is 34.5 Å². The number of imide groups is 5. The van der Waals surface area contributed by atoms with Crippen LogP contribution in [0.1, 0.15) is 80.5 Å². The summed E-state index contributed by atoms with van der Waals surface area (Å²) in [5.41, 5.74) is 5.74. The number of methoxy groups -OCH3 is 3. The zero-order valence-electron chi connectivity index (χ0n) is 65.5. The molecule has 5 aliphatic rings. The second-order valence-electron chi connectivity index (χ2n) is 25.5. The van der Waals surface area contributed by atoms with Gasteiger partial charge in [0.2, 0.25) is 5.91 Å². The number of nitrogens with one attached hydrogen (secondary N) is 2. The molecular formula is C83H74N8O23S6. The molecule has 0 atom stereocenters. The lowest BCUT2D eigenvalue weighted by Crippen LogP contribution is -2.32. The lowest BCUT2D eigenvalue weighted by molar-refractivity contribution is -0.127. The molecule has 6 aromatic carbocycles. The third-order valence-electron chi connectivity index (χ3n) is 15.8. The fourth-order valence-electron chi connectivity index (χ4n) is 10.4. The highest BCUT2D eigenvalue weighted by Crippen LogP contribution is 2.40. The molecule has 1 aromatic heterocycles. The molecule has 7 aromatic rings. The molecule has 5 fully saturated rings. The number of Topliss-reactive ketones (excluding diaryl/α,β-unsaturated/α-hetero) is 5. The van der Waals surface area contributed by atoms with Crippen LogP contribution in [0.4, 0.5) is 35.3 Å². The molecular weight excluding hydrogens is 1670 g/mol. The summed E-state index contributed by atoms with van der Waals surface area (Å²) in [5.74, 6) is -2.24. The zero-order valence-corrected chi connectivity index (χ0v) is 70.4. The molecule has 0 saturated carbocycles. The van der Waals surface area contributed by atoms with Gasteiger partial charge in [-0.25, -0.2) is 4.85 Å². The van der Waals surface area contributed by atoms with E-state index in [1.54, 1.807) is 135 Å². The molecule has 620 valence electrons. The second-order valence-corrected chi connectivity index (χ2v) is 31.6. The van der Waals surface area contributed by atoms with Gasteiger partial charge in [-0.3, -0.25) is 106 Å². The summed E-state index contributed by atoms with van der Waals surface area (Å²) >= 11 is 5.24. The van der Waals surface area contributed by atoms with E-state index in [9.17, 15) is 96.8 Å². The summed E-state index contributed by atoms with van der Waals surface area (Å²) in [6.07, 6.45) is 9.36. The molecule has 5 saturated heterocycles. The number of rotatable bonds is 20. The summed E-state index contributed by atoms with van der Waals surface area (Å²) in [4.78, 5) is 208. The van der Waals surface area contributed by atoms with Gasteiger partial charge in [-0.2, -0.15) is 0 Å². The first-order valence-corrected chi connectivity index (χ1v) is 39.9. The number of hydrogen-bond donors (Lipinski definition) is 5. The highest BCUT2D eigenvalue weighted by atomic mass is 32.2. The number of ketones is 5. The highest BCUT2D eigenvalue weighted by molar-refractivity contribution is 8.19. The van der Waals surface area contributed by atoms with Crippen molar-refractivity contribution in [2.75, 3.05) is 59.4 Å². The van der Waals surface area contributed by atoms with Gasteiger partial charge in [0.05, 0.1) is 94.3 Å². The van der Waals surface area contributed by atoms with E-state index in [-0.39, 0.29) is 110 Å². The Bertz CT molecular complexity index is 5720. The van der Waals surface area contributed by atoms with E-state index in [2.05, 4.69) is 21.7 Å². The molecule has 0 unspecified atom stereocenters. The van der Waals surface area contributed by atoms with Crippen molar-refractivity contribution in [2.24, 2.45) is 0 Å². The largest absolute Gasteiger partial charge is 0.508 e. The number of carbonyl (C=O) groups excluding carboxylic acids is 16. The summed E-state index contributed by atoms with van der Waals surface area (Å²) in [6, 6.07) is 35.1. The van der Waals surface area contributed by atoms with Crippen LogP contribution in [0.3, 0.4) is 0 Å². The molecule has 0 bridgehead atoms. The SMILES string of the molecule is C=c1[nH]c(=O)/c(=C/c2ccccc2O)s1.CC(=O)CN1C(=O)S/C(=C\c2ccc(NC(C)=O)cc2)C1=O.CC(=O)CN1C(=O)S/C(=C\c2ccc(O)cc2O)C1=O.COc1cc(/C=C2\SC(=O)N(CC(C)=O)C2=O)ccc1C.COc1cccc(/C=C2\SC(=O)N(CC(C)=O)C2=O)c1OC.[C-]#[N+]c1ccc(/C=C2\SC(=O)N(CC(C)=O)C2=O)cc1. The Hall–Kier alpha value is -13.3. The molecule has 0 radical (unpaired) electrons. The predicted molar refractivity (Wildman–Crippen MR) is 459 cm³/mol. The van der Waals surface area contributed by atoms with E-state index in [1.165, 1.54) is 85.3 Å². The number of aromatic amines is 1. The molecule has 37 heteroatoms. The molecule has 120 heavy (non-hydrogen) atoms. The minimum atomic E-state index is -0.567. The Kier molecular flexibility index (Phi) is 34.3. The van der Waals surface area contributed by atoms with Gasteiger partial charge >= 0.3 is 0 Å². The first kappa shape index (κ1) is 93.9. The van der Waals surface area contributed by atoms with Crippen LogP contribution in [0.5, 0.6) is 34.5 Å². The minimum absolute atomic E-state index is 0.107. The third-order valence-corrected chi connectivity index (χ3v) is 21.2. The first-order valence-electron chi connectivity index (χ1n) is 35.0. The van der Waals surface area contributed by atoms with Gasteiger partial charge in [0.15, 0.2) is 17.2 Å². The maximum Gasteiger partial charge on any atom is 0.293 e. The Labute approximate surface area is 710 Å². The number of ether oxygens (including phenoxy) is 3. The van der Waals surface area contributed by atoms with Crippen LogP contribution in [-0.4, -0.2) is 189 Å². The van der Waals surface area contributed by atoms with Crippen molar-refractivity contribution in [3.05, 3.63) is 222 Å². The van der Waals surface area contributed by atoms with Crippen LogP contribution in [0.15, 0.2) is 157 Å². The Morgan fingerprint density at radius 3 is 1.20 bits per heavy atom. The monoisotopic (exact) mass is 1740 g/mol. The van der Waals surface area contributed by atoms with Crippen LogP contribution >= 0.6 is 70.1 Å². The zero-order chi connectivity index (χ0) is 88.5. The number of carbonyl (C=O) groups is 16. The fraction of sp³-hybridized carbons (Fsp3) is 0.181. The Morgan fingerprint density at radius 1 is 0.442 bits per heavy atom. The van der Waals surface area contributed by atoms with Gasteiger partial charge in [-0.1, -0.05) is 85.4 Å². The number of hydrogen-bond acceptors (Lipinski definition) is 29. The number of phenols is 3. The van der Waals surface area contributed by atoms with E-state index < -0.39 is 55.7 Å². The quantitative estimate of drug-likeness (QED) is 0.0349. The fourth-order valence-corrected chi connectivity index (χ4v) is 15.3. The molecule has 5 N–H and O–H groups in total. The number of aromatic hydroxyl groups is 3. The number of nitrogens with zero attached hydrogens (tertiary/aromatic N) is 6. The number of aromatic nitrogens is 1. The number of benzene rings is 6. The average Bonchev–Trinajstić information content (AvgIpc) is 1.65. The highest BCUT2D eigenvalue weighted by Gasteiger charge is 2.40. The van der Waals surface area contributed by atoms with Gasteiger partial charge in [0.1, 0.15) is 51.9 Å². The van der Waals surface area contributed by atoms with E-state index >= 15 is 0 Å². The molecule has 0 aliphatic carbocycles. The number of anilines is 1. The number of H-pyrrole nitrogens is 1. The van der Waals surface area contributed by atoms with Gasteiger partial charge in [-0.05, 0) is 202 Å². The standard InChI is InChI=1S/C15H14N2O4S.C15H15NO5S.C15H15NO4S.C14H10N2O3S.C13H11NO5S.C11H9NO2S/c1-9(18)8-17-14(20)13(22-15(17)21)7-11-3-5-12(6-4-11)16-10(2)19;1-9(17)8-16-14(18)12(22-15(16)19)7-10-5-4-6-11(20-2)13(10)21-3;1-9-4-5-11(6-12(9)20-3)7-13-14(18)16(8-10(2)17)15(19)21-13;1-9(17)8-16-13(18)12(20-14(16)19)7-10-3-5-11(15-2)6-4-10;1-7(15)6-14-12(18)11(20-13(14)19)4-8-2-3-9(16)5-10(8)17;1-7-12-11(14)10(15-7)6-8-4-2-3-5-9(8)13/h3-7H,8H2,1-2H3,(H,16,19);4-7H,8H2,1-3H3;4-7H,8H2,1-3H3;3-7H,8H2,1H3;2-5,16-17H,6H2,1H3;2-6,13H,1H2,(H,12,14)/b13-7-;12-7-;13-7-;12-7-;11-4-;10-6-. The van der Waals surface area contributed by atoms with Crippen molar-refractivity contribution in [2.45, 2.75) is 48.5 Å². The van der Waals surface area contributed by atoms with E-state index in [0.717, 1.165) is 99.9 Å². The van der Waals surface area contributed by atoms with E-state index in [1.807, 2.05) is 19.1 Å². The van der Waals surface area contributed by atoms with Crippen molar-refractivity contribution in [1.29, 1.82) is 0 Å².